The predicted molar refractivity (Wildman–Crippen MR) is 57.7 cm³/mol. The maximum atomic E-state index is 12.7. The summed E-state index contributed by atoms with van der Waals surface area (Å²) in [7, 11) is 1.32. The second-order valence-corrected chi connectivity index (χ2v) is 3.51. The van der Waals surface area contributed by atoms with E-state index in [0.717, 1.165) is 0 Å². The van der Waals surface area contributed by atoms with Crippen LogP contribution < -0.4 is 4.74 Å². The summed E-state index contributed by atoms with van der Waals surface area (Å²) in [6, 6.07) is 3.08. The van der Waals surface area contributed by atoms with Crippen molar-refractivity contribution in [2.24, 2.45) is 0 Å². The Morgan fingerprint density at radius 1 is 1.62 bits per heavy atom. The molecule has 0 radical (unpaired) electrons. The zero-order valence-corrected chi connectivity index (χ0v) is 10.1. The van der Waals surface area contributed by atoms with Gasteiger partial charge in [-0.15, -0.1) is 0 Å². The van der Waals surface area contributed by atoms with Crippen molar-refractivity contribution in [1.82, 2.24) is 4.98 Å². The molecule has 0 saturated heterocycles. The highest BCUT2D eigenvalue weighted by Crippen LogP contribution is 2.32. The third-order valence-electron chi connectivity index (χ3n) is 1.95. The van der Waals surface area contributed by atoms with Gasteiger partial charge < -0.3 is 4.74 Å². The van der Waals surface area contributed by atoms with Crippen molar-refractivity contribution in [1.29, 1.82) is 5.26 Å². The van der Waals surface area contributed by atoms with Gasteiger partial charge in [-0.25, -0.2) is 8.78 Å². The number of pyridine rings is 1. The number of nitriles is 1. The average molecular weight is 291 g/mol. The molecule has 1 aromatic heterocycles. The summed E-state index contributed by atoms with van der Waals surface area (Å²) < 4.78 is 30.4. The van der Waals surface area contributed by atoms with Crippen LogP contribution in [0.25, 0.3) is 0 Å². The van der Waals surface area contributed by atoms with Gasteiger partial charge in [0.25, 0.3) is 6.43 Å². The molecular formula is C10H9BrF2N2O. The Kier molecular flexibility index (Phi) is 4.62. The summed E-state index contributed by atoms with van der Waals surface area (Å²) in [5.41, 5.74) is 0.482. The smallest absolute Gasteiger partial charge is 0.267 e. The molecule has 0 amide bonds. The molecule has 0 aromatic carbocycles. The van der Waals surface area contributed by atoms with Crippen molar-refractivity contribution in [3.8, 4) is 11.8 Å². The third-order valence-corrected chi connectivity index (χ3v) is 2.48. The number of alkyl halides is 3. The van der Waals surface area contributed by atoms with Crippen LogP contribution in [0, 0.1) is 11.3 Å². The van der Waals surface area contributed by atoms with Crippen LogP contribution in [0.15, 0.2) is 6.07 Å². The highest BCUT2D eigenvalue weighted by atomic mass is 79.9. The fourth-order valence-electron chi connectivity index (χ4n) is 1.33. The molecule has 0 bridgehead atoms. The highest BCUT2D eigenvalue weighted by Gasteiger charge is 2.19. The van der Waals surface area contributed by atoms with Crippen LogP contribution in [0.5, 0.6) is 5.75 Å². The number of hydrogen-bond acceptors (Lipinski definition) is 3. The van der Waals surface area contributed by atoms with Gasteiger partial charge in [0.1, 0.15) is 5.75 Å². The Labute approximate surface area is 100 Å². The molecule has 0 aliphatic heterocycles. The molecular weight excluding hydrogens is 282 g/mol. The average Bonchev–Trinajstić information content (AvgIpc) is 2.28. The number of aromatic nitrogens is 1. The highest BCUT2D eigenvalue weighted by molar-refractivity contribution is 9.08. The monoisotopic (exact) mass is 290 g/mol. The maximum Gasteiger partial charge on any atom is 0.267 e. The van der Waals surface area contributed by atoms with Crippen LogP contribution in [0.4, 0.5) is 8.78 Å². The van der Waals surface area contributed by atoms with E-state index in [2.05, 4.69) is 20.9 Å². The summed E-state index contributed by atoms with van der Waals surface area (Å²) in [5, 5.41) is 8.82. The SMILES string of the molecule is COc1c(C(F)F)cc(CC#N)nc1CBr. The van der Waals surface area contributed by atoms with Gasteiger partial charge in [-0.1, -0.05) is 15.9 Å². The lowest BCUT2D eigenvalue weighted by atomic mass is 10.1. The molecule has 86 valence electrons. The lowest BCUT2D eigenvalue weighted by molar-refractivity contribution is 0.146. The molecule has 0 spiro atoms. The van der Waals surface area contributed by atoms with Crippen molar-refractivity contribution >= 4 is 15.9 Å². The Bertz CT molecular complexity index is 418. The Morgan fingerprint density at radius 3 is 2.75 bits per heavy atom. The second kappa shape index (κ2) is 5.75. The van der Waals surface area contributed by atoms with Crippen LogP contribution in [-0.2, 0) is 11.8 Å². The van der Waals surface area contributed by atoms with Crippen molar-refractivity contribution in [3.05, 3.63) is 23.0 Å². The molecule has 0 atom stereocenters. The number of ether oxygens (including phenoxy) is 1. The Hall–Kier alpha value is -1.22. The first-order valence-electron chi connectivity index (χ1n) is 4.41. The normalized spacial score (nSPS) is 10.2. The minimum absolute atomic E-state index is 0.00368. The van der Waals surface area contributed by atoms with E-state index in [1.807, 2.05) is 6.07 Å². The maximum absolute atomic E-state index is 12.7. The second-order valence-electron chi connectivity index (χ2n) is 2.95. The van der Waals surface area contributed by atoms with Gasteiger partial charge >= 0.3 is 0 Å². The van der Waals surface area contributed by atoms with E-state index < -0.39 is 6.43 Å². The molecule has 3 nitrogen and oxygen atoms in total. The van der Waals surface area contributed by atoms with Crippen molar-refractivity contribution in [2.75, 3.05) is 7.11 Å². The van der Waals surface area contributed by atoms with Crippen molar-refractivity contribution in [2.45, 2.75) is 18.2 Å². The molecule has 16 heavy (non-hydrogen) atoms. The van der Waals surface area contributed by atoms with Gasteiger partial charge in [-0.2, -0.15) is 5.26 Å². The number of hydrogen-bond donors (Lipinski definition) is 0. The summed E-state index contributed by atoms with van der Waals surface area (Å²) in [6.45, 7) is 0. The minimum Gasteiger partial charge on any atom is -0.494 e. The number of halogens is 3. The van der Waals surface area contributed by atoms with Crippen molar-refractivity contribution < 1.29 is 13.5 Å². The Morgan fingerprint density at radius 2 is 2.31 bits per heavy atom. The van der Waals surface area contributed by atoms with E-state index in [-0.39, 0.29) is 17.7 Å². The molecule has 1 aromatic rings. The van der Waals surface area contributed by atoms with E-state index in [0.29, 0.717) is 16.7 Å². The van der Waals surface area contributed by atoms with Crippen LogP contribution >= 0.6 is 15.9 Å². The summed E-state index contributed by atoms with van der Waals surface area (Å²) in [4.78, 5) is 4.07. The first-order chi connectivity index (χ1) is 7.63. The van der Waals surface area contributed by atoms with E-state index in [1.165, 1.54) is 13.2 Å². The number of nitrogens with zero attached hydrogens (tertiary/aromatic N) is 2. The minimum atomic E-state index is -2.65. The van der Waals surface area contributed by atoms with Gasteiger partial charge in [0.15, 0.2) is 0 Å². The molecule has 1 heterocycles. The van der Waals surface area contributed by atoms with Crippen LogP contribution in [-0.4, -0.2) is 12.1 Å². The quantitative estimate of drug-likeness (QED) is 0.801. The van der Waals surface area contributed by atoms with Crippen LogP contribution in [0.3, 0.4) is 0 Å². The number of rotatable bonds is 4. The number of methoxy groups -OCH3 is 1. The zero-order chi connectivity index (χ0) is 12.1. The van der Waals surface area contributed by atoms with Gasteiger partial charge in [-0.05, 0) is 6.07 Å². The summed E-state index contributed by atoms with van der Waals surface area (Å²) in [5.74, 6) is 0.0774. The topological polar surface area (TPSA) is 45.9 Å². The molecule has 0 saturated carbocycles. The van der Waals surface area contributed by atoms with E-state index in [1.54, 1.807) is 0 Å². The van der Waals surface area contributed by atoms with Crippen LogP contribution in [0.2, 0.25) is 0 Å². The van der Waals surface area contributed by atoms with E-state index in [4.69, 9.17) is 10.00 Å². The van der Waals surface area contributed by atoms with E-state index in [9.17, 15) is 8.78 Å². The Balaban J connectivity index is 3.32. The fourth-order valence-corrected chi connectivity index (χ4v) is 1.71. The van der Waals surface area contributed by atoms with Gasteiger partial charge in [-0.3, -0.25) is 4.98 Å². The lowest BCUT2D eigenvalue weighted by Gasteiger charge is -2.12. The molecule has 0 unspecified atom stereocenters. The molecule has 6 heteroatoms. The molecule has 0 N–H and O–H groups in total. The van der Waals surface area contributed by atoms with Crippen molar-refractivity contribution in [3.63, 3.8) is 0 Å². The molecule has 0 fully saturated rings. The predicted octanol–water partition coefficient (Wildman–Crippen LogP) is 2.99. The summed E-state index contributed by atoms with van der Waals surface area (Å²) in [6.07, 6.45) is -2.64. The molecule has 0 aliphatic rings. The van der Waals surface area contributed by atoms with Gasteiger partial charge in [0, 0.05) is 5.33 Å². The molecule has 0 aliphatic carbocycles. The third kappa shape index (κ3) is 2.67. The fraction of sp³-hybridized carbons (Fsp3) is 0.400. The summed E-state index contributed by atoms with van der Waals surface area (Å²) >= 11 is 3.15. The first-order valence-corrected chi connectivity index (χ1v) is 5.54. The lowest BCUT2D eigenvalue weighted by Crippen LogP contribution is -2.03. The standard InChI is InChI=1S/C10H9BrF2N2O/c1-16-9-7(10(12)13)4-6(2-3-14)15-8(9)5-11/h4,10H,2,5H2,1H3. The van der Waals surface area contributed by atoms with Crippen LogP contribution in [0.1, 0.15) is 23.4 Å². The van der Waals surface area contributed by atoms with E-state index >= 15 is 0 Å². The zero-order valence-electron chi connectivity index (χ0n) is 8.51. The molecule has 1 rings (SSSR count). The first kappa shape index (κ1) is 12.8. The van der Waals surface area contributed by atoms with Gasteiger partial charge in [0.05, 0.1) is 36.6 Å². The van der Waals surface area contributed by atoms with Gasteiger partial charge in [0.2, 0.25) is 0 Å². The largest absolute Gasteiger partial charge is 0.494 e.